The number of hydrogen-bond donors (Lipinski definition) is 1. The zero-order valence-electron chi connectivity index (χ0n) is 8.46. The van der Waals surface area contributed by atoms with Crippen molar-refractivity contribution in [3.8, 4) is 0 Å². The fourth-order valence-electron chi connectivity index (χ4n) is 1.34. The molecule has 2 rings (SSSR count). The van der Waals surface area contributed by atoms with Gasteiger partial charge in [-0.2, -0.15) is 5.10 Å². The number of hydrogen-bond acceptors (Lipinski definition) is 4. The van der Waals surface area contributed by atoms with Gasteiger partial charge in [-0.1, -0.05) is 24.3 Å². The van der Waals surface area contributed by atoms with Crippen LogP contribution in [0.2, 0.25) is 0 Å². The Kier molecular flexibility index (Phi) is 3.36. The van der Waals surface area contributed by atoms with Crippen LogP contribution >= 0.6 is 11.8 Å². The van der Waals surface area contributed by atoms with Crippen LogP contribution < -0.4 is 0 Å². The van der Waals surface area contributed by atoms with Gasteiger partial charge in [-0.3, -0.25) is 4.79 Å². The highest BCUT2D eigenvalue weighted by atomic mass is 32.2. The highest BCUT2D eigenvalue weighted by molar-refractivity contribution is 7.99. The zero-order chi connectivity index (χ0) is 11.4. The topological polar surface area (TPSA) is 63.1 Å². The van der Waals surface area contributed by atoms with E-state index in [1.165, 1.54) is 11.8 Å². The molecule has 1 aromatic heterocycles. The van der Waals surface area contributed by atoms with Crippen molar-refractivity contribution >= 4 is 28.5 Å². The molecule has 0 saturated carbocycles. The minimum Gasteiger partial charge on any atom is -0.481 e. The number of fused-ring (bicyclic) bond motifs is 1. The third-order valence-corrected chi connectivity index (χ3v) is 3.07. The number of carbonyl (C=O) groups is 1. The van der Waals surface area contributed by atoms with Gasteiger partial charge in [0.1, 0.15) is 5.03 Å². The molecule has 0 amide bonds. The van der Waals surface area contributed by atoms with Crippen LogP contribution in [0.5, 0.6) is 0 Å². The lowest BCUT2D eigenvalue weighted by molar-refractivity contribution is -0.136. The minimum absolute atomic E-state index is 0.134. The van der Waals surface area contributed by atoms with Crippen LogP contribution in [-0.4, -0.2) is 27.0 Å². The van der Waals surface area contributed by atoms with E-state index in [1.54, 1.807) is 6.20 Å². The highest BCUT2D eigenvalue weighted by Gasteiger charge is 2.04. The van der Waals surface area contributed by atoms with Crippen LogP contribution in [0.15, 0.2) is 35.5 Å². The summed E-state index contributed by atoms with van der Waals surface area (Å²) >= 11 is 1.42. The number of nitrogens with zero attached hydrogens (tertiary/aromatic N) is 2. The normalized spacial score (nSPS) is 10.5. The first-order valence-corrected chi connectivity index (χ1v) is 5.81. The van der Waals surface area contributed by atoms with Crippen LogP contribution in [0.25, 0.3) is 10.8 Å². The fourth-order valence-corrected chi connectivity index (χ4v) is 2.26. The van der Waals surface area contributed by atoms with E-state index < -0.39 is 5.97 Å². The Labute approximate surface area is 96.7 Å². The Bertz CT molecular complexity index is 511. The lowest BCUT2D eigenvalue weighted by Gasteiger charge is -2.02. The number of rotatable bonds is 4. The van der Waals surface area contributed by atoms with Crippen molar-refractivity contribution in [2.45, 2.75) is 11.4 Å². The summed E-state index contributed by atoms with van der Waals surface area (Å²) in [7, 11) is 0. The molecule has 0 atom stereocenters. The molecular formula is C11H10N2O2S. The highest BCUT2D eigenvalue weighted by Crippen LogP contribution is 2.24. The van der Waals surface area contributed by atoms with E-state index in [1.807, 2.05) is 24.3 Å². The molecule has 0 radical (unpaired) electrons. The average Bonchev–Trinajstić information content (AvgIpc) is 2.29. The molecule has 82 valence electrons. The van der Waals surface area contributed by atoms with Gasteiger partial charge in [-0.05, 0) is 0 Å². The Morgan fingerprint density at radius 1 is 1.38 bits per heavy atom. The van der Waals surface area contributed by atoms with E-state index in [2.05, 4.69) is 10.2 Å². The molecule has 16 heavy (non-hydrogen) atoms. The summed E-state index contributed by atoms with van der Waals surface area (Å²) in [6, 6.07) is 7.80. The standard InChI is InChI=1S/C11H10N2O2S/c14-10(15)5-6-16-11-9-4-2-1-3-8(9)7-12-13-11/h1-4,7H,5-6H2,(H,14,15). The molecule has 0 aliphatic heterocycles. The summed E-state index contributed by atoms with van der Waals surface area (Å²) in [5, 5.41) is 19.3. The summed E-state index contributed by atoms with van der Waals surface area (Å²) in [5.41, 5.74) is 0. The van der Waals surface area contributed by atoms with Crippen molar-refractivity contribution in [1.82, 2.24) is 10.2 Å². The molecule has 5 heteroatoms. The van der Waals surface area contributed by atoms with E-state index in [4.69, 9.17) is 5.11 Å². The number of benzene rings is 1. The summed E-state index contributed by atoms with van der Waals surface area (Å²) in [5.74, 6) is -0.279. The molecule has 0 bridgehead atoms. The smallest absolute Gasteiger partial charge is 0.304 e. The summed E-state index contributed by atoms with van der Waals surface area (Å²) in [6.45, 7) is 0. The van der Waals surface area contributed by atoms with Crippen molar-refractivity contribution < 1.29 is 9.90 Å². The molecule has 1 heterocycles. The summed E-state index contributed by atoms with van der Waals surface area (Å²) < 4.78 is 0. The summed E-state index contributed by atoms with van der Waals surface area (Å²) in [6.07, 6.45) is 1.84. The van der Waals surface area contributed by atoms with Gasteiger partial charge >= 0.3 is 5.97 Å². The maximum absolute atomic E-state index is 10.4. The number of carboxylic acid groups (broad SMARTS) is 1. The molecule has 0 spiro atoms. The molecule has 0 aliphatic carbocycles. The van der Waals surface area contributed by atoms with Gasteiger partial charge in [-0.15, -0.1) is 16.9 Å². The van der Waals surface area contributed by atoms with E-state index in [0.29, 0.717) is 5.75 Å². The Balaban J connectivity index is 2.20. The van der Waals surface area contributed by atoms with Crippen molar-refractivity contribution in [3.05, 3.63) is 30.5 Å². The van der Waals surface area contributed by atoms with E-state index >= 15 is 0 Å². The number of aliphatic carboxylic acids is 1. The Hall–Kier alpha value is -1.62. The van der Waals surface area contributed by atoms with Gasteiger partial charge in [0.2, 0.25) is 0 Å². The van der Waals surface area contributed by atoms with Gasteiger partial charge in [-0.25, -0.2) is 0 Å². The molecule has 0 fully saturated rings. The molecule has 0 saturated heterocycles. The van der Waals surface area contributed by atoms with Gasteiger partial charge in [0, 0.05) is 16.5 Å². The third kappa shape index (κ3) is 2.49. The lowest BCUT2D eigenvalue weighted by Crippen LogP contribution is -1.96. The average molecular weight is 234 g/mol. The lowest BCUT2D eigenvalue weighted by atomic mass is 10.2. The molecular weight excluding hydrogens is 224 g/mol. The third-order valence-electron chi connectivity index (χ3n) is 2.09. The van der Waals surface area contributed by atoms with Gasteiger partial charge in [0.25, 0.3) is 0 Å². The first-order chi connectivity index (χ1) is 7.77. The molecule has 4 nitrogen and oxygen atoms in total. The predicted octanol–water partition coefficient (Wildman–Crippen LogP) is 2.20. The Morgan fingerprint density at radius 3 is 3.00 bits per heavy atom. The van der Waals surface area contributed by atoms with Crippen LogP contribution in [0.4, 0.5) is 0 Å². The van der Waals surface area contributed by atoms with Crippen molar-refractivity contribution in [2.75, 3.05) is 5.75 Å². The quantitative estimate of drug-likeness (QED) is 0.821. The molecule has 1 aromatic carbocycles. The van der Waals surface area contributed by atoms with Crippen molar-refractivity contribution in [2.24, 2.45) is 0 Å². The first kappa shape index (κ1) is 10.9. The van der Waals surface area contributed by atoms with Crippen LogP contribution in [0.1, 0.15) is 6.42 Å². The minimum atomic E-state index is -0.791. The van der Waals surface area contributed by atoms with E-state index in [9.17, 15) is 4.79 Å². The van der Waals surface area contributed by atoms with Crippen LogP contribution in [-0.2, 0) is 4.79 Å². The molecule has 2 aromatic rings. The second-order valence-corrected chi connectivity index (χ2v) is 4.31. The van der Waals surface area contributed by atoms with Gasteiger partial charge in [0.15, 0.2) is 0 Å². The molecule has 1 N–H and O–H groups in total. The van der Waals surface area contributed by atoms with E-state index in [0.717, 1.165) is 15.8 Å². The second-order valence-electron chi connectivity index (χ2n) is 3.23. The van der Waals surface area contributed by atoms with E-state index in [-0.39, 0.29) is 6.42 Å². The predicted molar refractivity (Wildman–Crippen MR) is 62.5 cm³/mol. The Morgan fingerprint density at radius 2 is 2.19 bits per heavy atom. The largest absolute Gasteiger partial charge is 0.481 e. The maximum atomic E-state index is 10.4. The van der Waals surface area contributed by atoms with Crippen LogP contribution in [0, 0.1) is 0 Å². The number of thioether (sulfide) groups is 1. The van der Waals surface area contributed by atoms with Crippen LogP contribution in [0.3, 0.4) is 0 Å². The van der Waals surface area contributed by atoms with Gasteiger partial charge in [0.05, 0.1) is 12.6 Å². The number of carboxylic acids is 1. The second kappa shape index (κ2) is 4.94. The summed E-state index contributed by atoms with van der Waals surface area (Å²) in [4.78, 5) is 10.4. The zero-order valence-corrected chi connectivity index (χ0v) is 9.28. The van der Waals surface area contributed by atoms with Gasteiger partial charge < -0.3 is 5.11 Å². The fraction of sp³-hybridized carbons (Fsp3) is 0.182. The number of aromatic nitrogens is 2. The monoisotopic (exact) mass is 234 g/mol. The maximum Gasteiger partial charge on any atom is 0.304 e. The molecule has 0 aliphatic rings. The SMILES string of the molecule is O=C(O)CCSc1nncc2ccccc12. The molecule has 0 unspecified atom stereocenters. The first-order valence-electron chi connectivity index (χ1n) is 4.82. The van der Waals surface area contributed by atoms with Crippen molar-refractivity contribution in [3.63, 3.8) is 0 Å². The van der Waals surface area contributed by atoms with Crippen molar-refractivity contribution in [1.29, 1.82) is 0 Å².